The van der Waals surface area contributed by atoms with Gasteiger partial charge in [0.25, 0.3) is 6.29 Å². The number of aromatic nitrogens is 4. The average Bonchev–Trinajstić information content (AvgIpc) is 3.03. The summed E-state index contributed by atoms with van der Waals surface area (Å²) in [5, 5.41) is 31.4. The lowest BCUT2D eigenvalue weighted by Gasteiger charge is -2.16. The summed E-state index contributed by atoms with van der Waals surface area (Å²) in [6.45, 7) is -0.422. The van der Waals surface area contributed by atoms with Gasteiger partial charge in [-0.25, -0.2) is 15.0 Å². The van der Waals surface area contributed by atoms with Crippen LogP contribution in [0.1, 0.15) is 0 Å². The van der Waals surface area contributed by atoms with Crippen molar-refractivity contribution in [3.63, 3.8) is 0 Å². The molecule has 2 aromatic heterocycles. The third-order valence-electron chi connectivity index (χ3n) is 3.26. The zero-order valence-electron chi connectivity index (χ0n) is 11.1. The van der Waals surface area contributed by atoms with Crippen molar-refractivity contribution in [2.24, 2.45) is 0 Å². The molecule has 4 N–H and O–H groups in total. The molecule has 2 aromatic rings. The molecule has 1 saturated heterocycles. The second-order valence-electron chi connectivity index (χ2n) is 4.53. The number of aliphatic hydroxyl groups is 3. The minimum atomic E-state index is -1.29. The Morgan fingerprint density at radius 2 is 2.14 bits per heavy atom. The Kier molecular flexibility index (Phi) is 3.59. The maximum absolute atomic E-state index is 9.84. The fraction of sp³-hybridized carbons (Fsp3) is 0.545. The summed E-state index contributed by atoms with van der Waals surface area (Å²) in [4.78, 5) is 17.6. The van der Waals surface area contributed by atoms with Crippen LogP contribution in [-0.2, 0) is 4.74 Å². The molecule has 10 heteroatoms. The third kappa shape index (κ3) is 2.27. The maximum atomic E-state index is 9.84. The van der Waals surface area contributed by atoms with Crippen LogP contribution in [0.5, 0.6) is 0 Å². The van der Waals surface area contributed by atoms with E-state index in [1.54, 1.807) is 7.05 Å². The van der Waals surface area contributed by atoms with Gasteiger partial charge in [-0.1, -0.05) is 0 Å². The summed E-state index contributed by atoms with van der Waals surface area (Å²) in [7, 11) is 1.70. The molecule has 4 atom stereocenters. The van der Waals surface area contributed by atoms with Gasteiger partial charge in [0.05, 0.1) is 6.61 Å². The molecule has 21 heavy (non-hydrogen) atoms. The Morgan fingerprint density at radius 1 is 1.33 bits per heavy atom. The van der Waals surface area contributed by atoms with Gasteiger partial charge < -0.3 is 30.2 Å². The largest absolute Gasteiger partial charge is 0.394 e. The molecule has 1 aliphatic heterocycles. The van der Waals surface area contributed by atoms with E-state index in [1.165, 1.54) is 17.4 Å². The van der Waals surface area contributed by atoms with Crippen molar-refractivity contribution in [1.29, 1.82) is 0 Å². The zero-order valence-corrected chi connectivity index (χ0v) is 11.1. The molecule has 1 fully saturated rings. The van der Waals surface area contributed by atoms with Crippen molar-refractivity contribution in [2.75, 3.05) is 19.0 Å². The van der Waals surface area contributed by atoms with E-state index in [-0.39, 0.29) is 0 Å². The molecule has 114 valence electrons. The highest BCUT2D eigenvalue weighted by molar-refractivity contribution is 5.82. The Hall–Kier alpha value is -2.01. The number of hydrogen-bond acceptors (Lipinski definition) is 9. The molecular formula is C11H15N5O5. The predicted octanol–water partition coefficient (Wildman–Crippen LogP) is -2.26. The van der Waals surface area contributed by atoms with E-state index in [1.807, 2.05) is 0 Å². The van der Waals surface area contributed by atoms with Crippen LogP contribution in [0.25, 0.3) is 11.2 Å². The number of anilines is 1. The molecule has 0 aromatic carbocycles. The summed E-state index contributed by atoms with van der Waals surface area (Å²) in [5.74, 6) is 0.531. The first-order valence-corrected chi connectivity index (χ1v) is 6.31. The Morgan fingerprint density at radius 3 is 2.81 bits per heavy atom. The highest BCUT2D eigenvalue weighted by Gasteiger charge is 2.44. The topological polar surface area (TPSA) is 135 Å². The van der Waals surface area contributed by atoms with Gasteiger partial charge in [0, 0.05) is 7.05 Å². The van der Waals surface area contributed by atoms with Crippen molar-refractivity contribution in [1.82, 2.24) is 19.7 Å². The van der Waals surface area contributed by atoms with Crippen LogP contribution in [0.15, 0.2) is 12.7 Å². The van der Waals surface area contributed by atoms with E-state index in [9.17, 15) is 10.2 Å². The number of fused-ring (bicyclic) bond motifs is 1. The van der Waals surface area contributed by atoms with Crippen molar-refractivity contribution in [3.8, 4) is 0 Å². The molecule has 1 aliphatic rings. The number of nitrogens with zero attached hydrogens (tertiary/aromatic N) is 4. The van der Waals surface area contributed by atoms with Gasteiger partial charge >= 0.3 is 0 Å². The summed E-state index contributed by atoms with van der Waals surface area (Å²) in [5.41, 5.74) is 0.874. The molecule has 3 heterocycles. The SMILES string of the molecule is CNc1ncnc2c1ncn2OC1OC(CO)C(O)C1O. The van der Waals surface area contributed by atoms with Gasteiger partial charge in [-0.2, -0.15) is 0 Å². The smallest absolute Gasteiger partial charge is 0.254 e. The van der Waals surface area contributed by atoms with E-state index in [4.69, 9.17) is 14.7 Å². The molecule has 0 saturated carbocycles. The van der Waals surface area contributed by atoms with Crippen LogP contribution < -0.4 is 10.2 Å². The van der Waals surface area contributed by atoms with Gasteiger partial charge in [-0.15, -0.1) is 4.73 Å². The number of aliphatic hydroxyl groups excluding tert-OH is 3. The first-order valence-electron chi connectivity index (χ1n) is 6.31. The predicted molar refractivity (Wildman–Crippen MR) is 69.2 cm³/mol. The molecule has 0 aliphatic carbocycles. The Bertz CT molecular complexity index is 634. The van der Waals surface area contributed by atoms with Crippen molar-refractivity contribution in [3.05, 3.63) is 12.7 Å². The number of hydrogen-bond donors (Lipinski definition) is 4. The van der Waals surface area contributed by atoms with E-state index < -0.39 is 31.2 Å². The summed E-state index contributed by atoms with van der Waals surface area (Å²) < 4.78 is 6.45. The summed E-state index contributed by atoms with van der Waals surface area (Å²) in [6, 6.07) is 0. The molecule has 0 spiro atoms. The highest BCUT2D eigenvalue weighted by atomic mass is 16.8. The normalized spacial score (nSPS) is 29.0. The van der Waals surface area contributed by atoms with Crippen molar-refractivity contribution >= 4 is 17.0 Å². The van der Waals surface area contributed by atoms with Crippen molar-refractivity contribution in [2.45, 2.75) is 24.6 Å². The first-order chi connectivity index (χ1) is 10.2. The zero-order chi connectivity index (χ0) is 15.0. The monoisotopic (exact) mass is 297 g/mol. The quantitative estimate of drug-likeness (QED) is 0.493. The van der Waals surface area contributed by atoms with Gasteiger partial charge in [0.1, 0.15) is 31.0 Å². The average molecular weight is 297 g/mol. The first kappa shape index (κ1) is 13.9. The number of nitrogens with one attached hydrogen (secondary N) is 1. The molecule has 0 amide bonds. The fourth-order valence-corrected chi connectivity index (χ4v) is 2.14. The van der Waals surface area contributed by atoms with Gasteiger partial charge in [0.15, 0.2) is 11.3 Å². The van der Waals surface area contributed by atoms with Crippen LogP contribution in [0.3, 0.4) is 0 Å². The second-order valence-corrected chi connectivity index (χ2v) is 4.53. The van der Waals surface area contributed by atoms with E-state index in [2.05, 4.69) is 20.3 Å². The molecule has 3 rings (SSSR count). The Balaban J connectivity index is 1.86. The van der Waals surface area contributed by atoms with Gasteiger partial charge in [-0.3, -0.25) is 0 Å². The molecule has 0 bridgehead atoms. The lowest BCUT2D eigenvalue weighted by Crippen LogP contribution is -2.38. The van der Waals surface area contributed by atoms with Gasteiger partial charge in [0.2, 0.25) is 5.65 Å². The van der Waals surface area contributed by atoms with E-state index in [0.29, 0.717) is 17.0 Å². The molecule has 0 radical (unpaired) electrons. The van der Waals surface area contributed by atoms with E-state index >= 15 is 0 Å². The number of ether oxygens (including phenoxy) is 1. The van der Waals surface area contributed by atoms with Crippen LogP contribution in [-0.4, -0.2) is 73.3 Å². The number of imidazole rings is 1. The maximum Gasteiger partial charge on any atom is 0.254 e. The third-order valence-corrected chi connectivity index (χ3v) is 3.26. The van der Waals surface area contributed by atoms with Crippen LogP contribution in [0.4, 0.5) is 5.82 Å². The summed E-state index contributed by atoms with van der Waals surface area (Å²) >= 11 is 0. The minimum Gasteiger partial charge on any atom is -0.394 e. The van der Waals surface area contributed by atoms with Crippen LogP contribution in [0, 0.1) is 0 Å². The fourth-order valence-electron chi connectivity index (χ4n) is 2.14. The van der Waals surface area contributed by atoms with Crippen LogP contribution in [0.2, 0.25) is 0 Å². The Labute approximate surface area is 118 Å². The second kappa shape index (κ2) is 5.41. The molecule has 4 unspecified atom stereocenters. The minimum absolute atomic E-state index is 0.382. The van der Waals surface area contributed by atoms with Gasteiger partial charge in [-0.05, 0) is 0 Å². The summed E-state index contributed by atoms with van der Waals surface area (Å²) in [6.07, 6.45) is -1.85. The number of rotatable bonds is 4. The molecular weight excluding hydrogens is 282 g/mol. The lowest BCUT2D eigenvalue weighted by atomic mass is 10.1. The van der Waals surface area contributed by atoms with E-state index in [0.717, 1.165) is 0 Å². The lowest BCUT2D eigenvalue weighted by molar-refractivity contribution is -0.169. The highest BCUT2D eigenvalue weighted by Crippen LogP contribution is 2.22. The molecule has 10 nitrogen and oxygen atoms in total. The standard InChI is InChI=1S/C11H15N5O5/c1-12-9-6-10(14-3-13-9)16(4-15-6)21-11-8(19)7(18)5(2-17)20-11/h3-5,7-8,11,17-19H,2H2,1H3,(H,12,13,14). The van der Waals surface area contributed by atoms with Crippen LogP contribution >= 0.6 is 0 Å². The van der Waals surface area contributed by atoms with Crippen molar-refractivity contribution < 1.29 is 24.9 Å².